The third-order valence-corrected chi connectivity index (χ3v) is 3.31. The van der Waals surface area contributed by atoms with Crippen molar-refractivity contribution in [2.45, 2.75) is 26.2 Å². The van der Waals surface area contributed by atoms with Gasteiger partial charge in [0.1, 0.15) is 0 Å². The molecule has 0 saturated heterocycles. The van der Waals surface area contributed by atoms with E-state index in [-0.39, 0.29) is 5.56 Å². The van der Waals surface area contributed by atoms with E-state index in [0.29, 0.717) is 29.9 Å². The molecule has 0 saturated carbocycles. The minimum atomic E-state index is -0.427. The molecule has 2 rings (SSSR count). The van der Waals surface area contributed by atoms with Crippen molar-refractivity contribution in [2.24, 2.45) is 0 Å². The van der Waals surface area contributed by atoms with Crippen molar-refractivity contribution < 1.29 is 14.3 Å². The Morgan fingerprint density at radius 2 is 2.10 bits per heavy atom. The third kappa shape index (κ3) is 3.24. The van der Waals surface area contributed by atoms with Crippen LogP contribution in [0.4, 0.5) is 0 Å². The Morgan fingerprint density at radius 3 is 2.76 bits per heavy atom. The largest absolute Gasteiger partial charge is 0.493 e. The second kappa shape index (κ2) is 6.92. The average Bonchev–Trinajstić information content (AvgIpc) is 2.50. The molecule has 0 aliphatic carbocycles. The average molecular weight is 289 g/mol. The van der Waals surface area contributed by atoms with E-state index < -0.39 is 5.56 Å². The Kier molecular flexibility index (Phi) is 4.98. The van der Waals surface area contributed by atoms with E-state index in [0.717, 1.165) is 24.6 Å². The second-order valence-corrected chi connectivity index (χ2v) is 4.79. The number of methoxy groups -OCH3 is 1. The molecule has 2 aromatic rings. The van der Waals surface area contributed by atoms with E-state index in [1.54, 1.807) is 25.3 Å². The third-order valence-electron chi connectivity index (χ3n) is 3.31. The number of aldehydes is 1. The molecule has 0 aliphatic heterocycles. The van der Waals surface area contributed by atoms with Crippen molar-refractivity contribution in [3.8, 4) is 11.5 Å². The van der Waals surface area contributed by atoms with Gasteiger partial charge < -0.3 is 14.5 Å². The van der Waals surface area contributed by atoms with E-state index in [9.17, 15) is 9.59 Å². The van der Waals surface area contributed by atoms with Crippen LogP contribution < -0.4 is 15.0 Å². The van der Waals surface area contributed by atoms with Gasteiger partial charge in [-0.3, -0.25) is 9.59 Å². The molecule has 0 bridgehead atoms. The lowest BCUT2D eigenvalue weighted by Gasteiger charge is -2.13. The molecular weight excluding hydrogens is 270 g/mol. The highest BCUT2D eigenvalue weighted by atomic mass is 16.5. The van der Waals surface area contributed by atoms with Crippen LogP contribution in [0.5, 0.6) is 11.5 Å². The summed E-state index contributed by atoms with van der Waals surface area (Å²) in [6.07, 6.45) is 3.67. The summed E-state index contributed by atoms with van der Waals surface area (Å²) in [5.41, 5.74) is 0.232. The summed E-state index contributed by atoms with van der Waals surface area (Å²) < 4.78 is 11.1. The number of hydrogen-bond acceptors (Lipinski definition) is 4. The first-order chi connectivity index (χ1) is 10.2. The summed E-state index contributed by atoms with van der Waals surface area (Å²) in [6, 6.07) is 5.11. The zero-order valence-corrected chi connectivity index (χ0v) is 12.3. The number of ether oxygens (including phenoxy) is 2. The number of benzene rings is 1. The topological polar surface area (TPSA) is 68.4 Å². The van der Waals surface area contributed by atoms with Gasteiger partial charge in [-0.05, 0) is 24.6 Å². The molecule has 21 heavy (non-hydrogen) atoms. The zero-order chi connectivity index (χ0) is 15.2. The van der Waals surface area contributed by atoms with Gasteiger partial charge in [0, 0.05) is 5.39 Å². The first-order valence-corrected chi connectivity index (χ1v) is 7.03. The van der Waals surface area contributed by atoms with Gasteiger partial charge in [-0.2, -0.15) is 0 Å². The van der Waals surface area contributed by atoms with Crippen molar-refractivity contribution in [1.29, 1.82) is 0 Å². The monoisotopic (exact) mass is 289 g/mol. The number of nitrogens with one attached hydrogen (secondary N) is 1. The van der Waals surface area contributed by atoms with E-state index >= 15 is 0 Å². The maximum Gasteiger partial charge on any atom is 0.259 e. The van der Waals surface area contributed by atoms with Crippen molar-refractivity contribution >= 4 is 17.2 Å². The SMILES string of the molecule is CCCCCOc1c(OC)ccc2cc(C=O)c(=O)[nH]c12. The highest BCUT2D eigenvalue weighted by Gasteiger charge is 2.12. The summed E-state index contributed by atoms with van der Waals surface area (Å²) in [7, 11) is 1.55. The van der Waals surface area contributed by atoms with Crippen LogP contribution in [0, 0.1) is 0 Å². The summed E-state index contributed by atoms with van der Waals surface area (Å²) in [5, 5.41) is 0.739. The summed E-state index contributed by atoms with van der Waals surface area (Å²) in [5.74, 6) is 1.08. The molecule has 0 atom stereocenters. The lowest BCUT2D eigenvalue weighted by molar-refractivity contribution is 0.112. The lowest BCUT2D eigenvalue weighted by Crippen LogP contribution is -2.12. The summed E-state index contributed by atoms with van der Waals surface area (Å²) >= 11 is 0. The Bertz CT molecular complexity index is 690. The molecule has 0 amide bonds. The molecule has 1 aromatic carbocycles. The number of fused-ring (bicyclic) bond motifs is 1. The number of carbonyl (C=O) groups is 1. The number of aromatic amines is 1. The lowest BCUT2D eigenvalue weighted by atomic mass is 10.1. The summed E-state index contributed by atoms with van der Waals surface area (Å²) in [6.45, 7) is 2.68. The smallest absolute Gasteiger partial charge is 0.259 e. The van der Waals surface area contributed by atoms with Gasteiger partial charge >= 0.3 is 0 Å². The van der Waals surface area contributed by atoms with Crippen molar-refractivity contribution in [3.05, 3.63) is 34.1 Å². The van der Waals surface area contributed by atoms with Gasteiger partial charge in [-0.15, -0.1) is 0 Å². The molecule has 1 N–H and O–H groups in total. The van der Waals surface area contributed by atoms with E-state index in [1.807, 2.05) is 0 Å². The van der Waals surface area contributed by atoms with Crippen molar-refractivity contribution in [1.82, 2.24) is 4.98 Å². The minimum Gasteiger partial charge on any atom is -0.493 e. The van der Waals surface area contributed by atoms with Crippen LogP contribution in [-0.2, 0) is 0 Å². The van der Waals surface area contributed by atoms with Crippen LogP contribution in [0.25, 0.3) is 10.9 Å². The molecule has 1 heterocycles. The van der Waals surface area contributed by atoms with Crippen LogP contribution >= 0.6 is 0 Å². The maximum absolute atomic E-state index is 11.8. The van der Waals surface area contributed by atoms with Crippen LogP contribution in [0.3, 0.4) is 0 Å². The molecule has 1 aromatic heterocycles. The number of aromatic nitrogens is 1. The molecule has 112 valence electrons. The number of H-pyrrole nitrogens is 1. The normalized spacial score (nSPS) is 10.6. The maximum atomic E-state index is 11.8. The highest BCUT2D eigenvalue weighted by Crippen LogP contribution is 2.34. The Hall–Kier alpha value is -2.30. The molecular formula is C16H19NO4. The van der Waals surface area contributed by atoms with Crippen LogP contribution in [0.2, 0.25) is 0 Å². The molecule has 0 aliphatic rings. The predicted molar refractivity (Wildman–Crippen MR) is 81.5 cm³/mol. The number of pyridine rings is 1. The number of unbranched alkanes of at least 4 members (excludes halogenated alkanes) is 2. The molecule has 5 nitrogen and oxygen atoms in total. The zero-order valence-electron chi connectivity index (χ0n) is 12.3. The van der Waals surface area contributed by atoms with E-state index in [2.05, 4.69) is 11.9 Å². The van der Waals surface area contributed by atoms with Crippen LogP contribution in [0.1, 0.15) is 36.5 Å². The number of rotatable bonds is 7. The highest BCUT2D eigenvalue weighted by molar-refractivity contribution is 5.91. The Balaban J connectivity index is 2.46. The summed E-state index contributed by atoms with van der Waals surface area (Å²) in [4.78, 5) is 25.4. The number of hydrogen-bond donors (Lipinski definition) is 1. The molecule has 5 heteroatoms. The Morgan fingerprint density at radius 1 is 1.29 bits per heavy atom. The first kappa shape index (κ1) is 15.1. The minimum absolute atomic E-state index is 0.101. The molecule has 0 unspecified atom stereocenters. The van der Waals surface area contributed by atoms with Gasteiger partial charge in [-0.25, -0.2) is 0 Å². The quantitative estimate of drug-likeness (QED) is 0.628. The fourth-order valence-corrected chi connectivity index (χ4v) is 2.16. The first-order valence-electron chi connectivity index (χ1n) is 7.03. The van der Waals surface area contributed by atoms with Gasteiger partial charge in [0.15, 0.2) is 17.8 Å². The number of carbonyl (C=O) groups excluding carboxylic acids is 1. The van der Waals surface area contributed by atoms with E-state index in [4.69, 9.17) is 9.47 Å². The van der Waals surface area contributed by atoms with Crippen molar-refractivity contribution in [3.63, 3.8) is 0 Å². The second-order valence-electron chi connectivity index (χ2n) is 4.79. The molecule has 0 spiro atoms. The van der Waals surface area contributed by atoms with Gasteiger partial charge in [0.05, 0.1) is 24.8 Å². The fraction of sp³-hybridized carbons (Fsp3) is 0.375. The van der Waals surface area contributed by atoms with Gasteiger partial charge in [-0.1, -0.05) is 19.8 Å². The van der Waals surface area contributed by atoms with Gasteiger partial charge in [0.2, 0.25) is 0 Å². The van der Waals surface area contributed by atoms with Gasteiger partial charge in [0.25, 0.3) is 5.56 Å². The standard InChI is InChI=1S/C16H19NO4/c1-3-4-5-8-21-15-13(20-2)7-6-11-9-12(10-18)16(19)17-14(11)15/h6-7,9-10H,3-5,8H2,1-2H3,(H,17,19). The van der Waals surface area contributed by atoms with Crippen LogP contribution in [-0.4, -0.2) is 25.0 Å². The van der Waals surface area contributed by atoms with Crippen LogP contribution in [0.15, 0.2) is 23.0 Å². The predicted octanol–water partition coefficient (Wildman–Crippen LogP) is 2.92. The molecule has 0 radical (unpaired) electrons. The van der Waals surface area contributed by atoms with E-state index in [1.165, 1.54) is 0 Å². The molecule has 0 fully saturated rings. The fourth-order valence-electron chi connectivity index (χ4n) is 2.16. The Labute approximate surface area is 122 Å². The van der Waals surface area contributed by atoms with Crippen molar-refractivity contribution in [2.75, 3.05) is 13.7 Å².